The number of halogens is 4. The summed E-state index contributed by atoms with van der Waals surface area (Å²) in [7, 11) is 0. The van der Waals surface area contributed by atoms with Crippen molar-refractivity contribution >= 4 is 26.8 Å². The van der Waals surface area contributed by atoms with Gasteiger partial charge in [-0.15, -0.1) is 0 Å². The topological polar surface area (TPSA) is 4.93 Å². The Kier molecular flexibility index (Phi) is 2.97. The first-order valence-corrected chi connectivity index (χ1v) is 5.87. The lowest BCUT2D eigenvalue weighted by molar-refractivity contribution is -0.143. The van der Waals surface area contributed by atoms with E-state index in [2.05, 4.69) is 15.9 Å². The minimum Gasteiger partial charge on any atom is -0.336 e. The SMILES string of the molecule is FC(F)(F)c1cc2ccccc2n1CCBr. The zero-order valence-corrected chi connectivity index (χ0v) is 9.85. The molecule has 0 saturated heterocycles. The summed E-state index contributed by atoms with van der Waals surface area (Å²) >= 11 is 3.17. The third-order valence-corrected chi connectivity index (χ3v) is 2.76. The summed E-state index contributed by atoms with van der Waals surface area (Å²) in [6, 6.07) is 8.06. The molecule has 0 bridgehead atoms. The lowest BCUT2D eigenvalue weighted by Crippen LogP contribution is -2.13. The second kappa shape index (κ2) is 4.13. The van der Waals surface area contributed by atoms with Crippen LogP contribution in [0.5, 0.6) is 0 Å². The van der Waals surface area contributed by atoms with E-state index in [1.165, 1.54) is 10.6 Å². The van der Waals surface area contributed by atoms with Crippen LogP contribution in [-0.4, -0.2) is 9.90 Å². The first kappa shape index (κ1) is 11.5. The lowest BCUT2D eigenvalue weighted by atomic mass is 10.2. The van der Waals surface area contributed by atoms with E-state index >= 15 is 0 Å². The second-order valence-electron chi connectivity index (χ2n) is 3.43. The highest BCUT2D eigenvalue weighted by atomic mass is 79.9. The van der Waals surface area contributed by atoms with Gasteiger partial charge in [0.25, 0.3) is 0 Å². The van der Waals surface area contributed by atoms with Crippen LogP contribution in [0.25, 0.3) is 10.9 Å². The Labute approximate surface area is 99.0 Å². The molecule has 0 amide bonds. The number of rotatable bonds is 2. The van der Waals surface area contributed by atoms with Gasteiger partial charge in [-0.3, -0.25) is 0 Å². The maximum absolute atomic E-state index is 12.8. The number of alkyl halides is 4. The fourth-order valence-corrected chi connectivity index (χ4v) is 2.13. The third kappa shape index (κ3) is 1.96. The highest BCUT2D eigenvalue weighted by molar-refractivity contribution is 9.09. The molecule has 1 nitrogen and oxygen atoms in total. The molecule has 0 radical (unpaired) electrons. The van der Waals surface area contributed by atoms with Crippen molar-refractivity contribution in [1.29, 1.82) is 0 Å². The monoisotopic (exact) mass is 291 g/mol. The van der Waals surface area contributed by atoms with Gasteiger partial charge in [-0.1, -0.05) is 34.1 Å². The molecule has 0 atom stereocenters. The molecule has 0 aliphatic rings. The van der Waals surface area contributed by atoms with Gasteiger partial charge in [0.1, 0.15) is 5.69 Å². The largest absolute Gasteiger partial charge is 0.431 e. The third-order valence-electron chi connectivity index (χ3n) is 2.41. The van der Waals surface area contributed by atoms with Gasteiger partial charge in [0.2, 0.25) is 0 Å². The zero-order valence-electron chi connectivity index (χ0n) is 8.26. The molecule has 2 rings (SSSR count). The van der Waals surface area contributed by atoms with Crippen molar-refractivity contribution in [3.8, 4) is 0 Å². The minimum atomic E-state index is -4.30. The Balaban J connectivity index is 2.68. The van der Waals surface area contributed by atoms with Crippen LogP contribution in [0.3, 0.4) is 0 Å². The Morgan fingerprint density at radius 1 is 1.19 bits per heavy atom. The molecule has 0 aliphatic carbocycles. The van der Waals surface area contributed by atoms with E-state index in [0.29, 0.717) is 22.8 Å². The summed E-state index contributed by atoms with van der Waals surface area (Å²) in [5, 5.41) is 1.12. The zero-order chi connectivity index (χ0) is 11.8. The van der Waals surface area contributed by atoms with Gasteiger partial charge in [-0.2, -0.15) is 13.2 Å². The number of benzene rings is 1. The predicted molar refractivity (Wildman–Crippen MR) is 60.7 cm³/mol. The number of hydrogen-bond donors (Lipinski definition) is 0. The first-order chi connectivity index (χ1) is 7.54. The van der Waals surface area contributed by atoms with Gasteiger partial charge in [0.05, 0.1) is 0 Å². The number of para-hydroxylation sites is 1. The van der Waals surface area contributed by atoms with Crippen molar-refractivity contribution in [3.63, 3.8) is 0 Å². The molecule has 2 aromatic rings. The molecular weight excluding hydrogens is 283 g/mol. The van der Waals surface area contributed by atoms with E-state index < -0.39 is 11.9 Å². The standard InChI is InChI=1S/C11H9BrF3N/c12-5-6-16-9-4-2-1-3-8(9)7-10(16)11(13,14)15/h1-4,7H,5-6H2. The number of hydrogen-bond acceptors (Lipinski definition) is 0. The van der Waals surface area contributed by atoms with E-state index in [9.17, 15) is 13.2 Å². The molecule has 0 aliphatic heterocycles. The highest BCUT2D eigenvalue weighted by Gasteiger charge is 2.35. The lowest BCUT2D eigenvalue weighted by Gasteiger charge is -2.11. The summed E-state index contributed by atoms with van der Waals surface area (Å²) in [5.41, 5.74) is 0.0300. The maximum atomic E-state index is 12.8. The molecule has 0 spiro atoms. The average Bonchev–Trinajstić information content (AvgIpc) is 2.58. The van der Waals surface area contributed by atoms with Gasteiger partial charge in [-0.05, 0) is 12.1 Å². The van der Waals surface area contributed by atoms with Crippen LogP contribution in [-0.2, 0) is 12.7 Å². The summed E-state index contributed by atoms with van der Waals surface area (Å²) in [4.78, 5) is 0. The molecule has 1 heterocycles. The predicted octanol–water partition coefficient (Wildman–Crippen LogP) is 4.06. The molecule has 0 saturated carbocycles. The average molecular weight is 292 g/mol. The van der Waals surface area contributed by atoms with Crippen molar-refractivity contribution in [3.05, 3.63) is 36.0 Å². The number of aromatic nitrogens is 1. The van der Waals surface area contributed by atoms with Crippen molar-refractivity contribution in [2.45, 2.75) is 12.7 Å². The smallest absolute Gasteiger partial charge is 0.336 e. The van der Waals surface area contributed by atoms with Crippen LogP contribution < -0.4 is 0 Å². The molecule has 0 unspecified atom stereocenters. The van der Waals surface area contributed by atoms with Crippen molar-refractivity contribution in [2.75, 3.05) is 5.33 Å². The van der Waals surface area contributed by atoms with Crippen LogP contribution in [0.4, 0.5) is 13.2 Å². The Bertz CT molecular complexity index is 501. The fraction of sp³-hybridized carbons (Fsp3) is 0.273. The van der Waals surface area contributed by atoms with E-state index in [-0.39, 0.29) is 0 Å². The van der Waals surface area contributed by atoms with Crippen LogP contribution >= 0.6 is 15.9 Å². The number of aryl methyl sites for hydroxylation is 1. The van der Waals surface area contributed by atoms with E-state index in [1.54, 1.807) is 24.3 Å². The molecule has 1 aromatic carbocycles. The van der Waals surface area contributed by atoms with Gasteiger partial charge >= 0.3 is 6.18 Å². The van der Waals surface area contributed by atoms with Gasteiger partial charge in [-0.25, -0.2) is 0 Å². The van der Waals surface area contributed by atoms with Crippen LogP contribution in [0.1, 0.15) is 5.69 Å². The fourth-order valence-electron chi connectivity index (χ4n) is 1.77. The minimum absolute atomic E-state index is 0.308. The van der Waals surface area contributed by atoms with E-state index in [4.69, 9.17) is 0 Å². The quantitative estimate of drug-likeness (QED) is 0.736. The van der Waals surface area contributed by atoms with E-state index in [1.807, 2.05) is 0 Å². The molecule has 16 heavy (non-hydrogen) atoms. The second-order valence-corrected chi connectivity index (χ2v) is 4.22. The molecule has 0 fully saturated rings. The Morgan fingerprint density at radius 2 is 1.88 bits per heavy atom. The van der Waals surface area contributed by atoms with Crippen molar-refractivity contribution < 1.29 is 13.2 Å². The maximum Gasteiger partial charge on any atom is 0.431 e. The number of nitrogens with zero attached hydrogens (tertiary/aromatic N) is 1. The van der Waals surface area contributed by atoms with Crippen molar-refractivity contribution in [2.24, 2.45) is 0 Å². The Hall–Kier alpha value is -0.970. The Morgan fingerprint density at radius 3 is 2.50 bits per heavy atom. The summed E-state index contributed by atoms with van der Waals surface area (Å²) in [6.45, 7) is 0.308. The molecule has 5 heteroatoms. The molecular formula is C11H9BrF3N. The van der Waals surface area contributed by atoms with E-state index in [0.717, 1.165) is 0 Å². The molecule has 86 valence electrons. The van der Waals surface area contributed by atoms with Crippen LogP contribution in [0.2, 0.25) is 0 Å². The summed E-state index contributed by atoms with van der Waals surface area (Å²) in [6.07, 6.45) is -4.30. The number of fused-ring (bicyclic) bond motifs is 1. The van der Waals surface area contributed by atoms with Gasteiger partial charge in [0, 0.05) is 22.8 Å². The van der Waals surface area contributed by atoms with Crippen LogP contribution in [0, 0.1) is 0 Å². The summed E-state index contributed by atoms with van der Waals surface area (Å²) in [5.74, 6) is 0. The molecule has 1 aromatic heterocycles. The van der Waals surface area contributed by atoms with Gasteiger partial charge < -0.3 is 4.57 Å². The summed E-state index contributed by atoms with van der Waals surface area (Å²) < 4.78 is 39.6. The normalized spacial score (nSPS) is 12.2. The first-order valence-electron chi connectivity index (χ1n) is 4.75. The van der Waals surface area contributed by atoms with Gasteiger partial charge in [0.15, 0.2) is 0 Å². The van der Waals surface area contributed by atoms with Crippen LogP contribution in [0.15, 0.2) is 30.3 Å². The van der Waals surface area contributed by atoms with Crippen molar-refractivity contribution in [1.82, 2.24) is 4.57 Å². The molecule has 0 N–H and O–H groups in total. The highest BCUT2D eigenvalue weighted by Crippen LogP contribution is 2.33.